The predicted octanol–water partition coefficient (Wildman–Crippen LogP) is 5.08. The molecule has 0 aliphatic rings. The second-order valence-electron chi connectivity index (χ2n) is 6.51. The minimum absolute atomic E-state index is 0.00295. The van der Waals surface area contributed by atoms with Gasteiger partial charge in [-0.25, -0.2) is 4.98 Å². The van der Waals surface area contributed by atoms with Gasteiger partial charge in [0.05, 0.1) is 16.0 Å². The largest absolute Gasteiger partial charge is 0.510 e. The molecule has 0 spiro atoms. The lowest BCUT2D eigenvalue weighted by molar-refractivity contribution is 0.420. The average Bonchev–Trinajstić information content (AvgIpc) is 3.37. The van der Waals surface area contributed by atoms with Gasteiger partial charge in [-0.2, -0.15) is 5.26 Å². The van der Waals surface area contributed by atoms with Crippen LogP contribution >= 0.6 is 23.1 Å². The van der Waals surface area contributed by atoms with E-state index in [4.69, 9.17) is 0 Å². The highest BCUT2D eigenvalue weighted by Crippen LogP contribution is 2.30. The maximum atomic E-state index is 10.6. The molecule has 0 saturated heterocycles. The summed E-state index contributed by atoms with van der Waals surface area (Å²) in [5.41, 5.74) is 2.19. The molecule has 0 aliphatic heterocycles. The second-order valence-corrected chi connectivity index (χ2v) is 8.49. The maximum Gasteiger partial charge on any atom is 0.191 e. The van der Waals surface area contributed by atoms with Crippen molar-refractivity contribution in [3.63, 3.8) is 0 Å². The molecule has 2 heterocycles. The molecular formula is C22H19N5OS2. The number of fused-ring (bicyclic) bond motifs is 1. The zero-order valence-electron chi connectivity index (χ0n) is 16.3. The van der Waals surface area contributed by atoms with Gasteiger partial charge in [0, 0.05) is 13.0 Å². The second kappa shape index (κ2) is 9.11. The van der Waals surface area contributed by atoms with E-state index in [0.29, 0.717) is 11.4 Å². The number of rotatable bonds is 7. The van der Waals surface area contributed by atoms with Crippen LogP contribution in [0.4, 0.5) is 0 Å². The number of hydrogen-bond donors (Lipinski definition) is 1. The van der Waals surface area contributed by atoms with Crippen LogP contribution in [0, 0.1) is 11.3 Å². The van der Waals surface area contributed by atoms with Gasteiger partial charge in [-0.1, -0.05) is 54.2 Å². The van der Waals surface area contributed by atoms with E-state index in [0.717, 1.165) is 27.7 Å². The SMILES string of the molecule is CCn1c(Cc2ccccc2)nnc1SC/C(O)=C(\C#N)c1nc2ccccc2s1. The molecule has 8 heteroatoms. The van der Waals surface area contributed by atoms with Crippen LogP contribution < -0.4 is 0 Å². The van der Waals surface area contributed by atoms with Crippen molar-refractivity contribution in [1.82, 2.24) is 19.7 Å². The number of aromatic nitrogens is 4. The van der Waals surface area contributed by atoms with Crippen LogP contribution in [-0.2, 0) is 13.0 Å². The van der Waals surface area contributed by atoms with Gasteiger partial charge in [-0.3, -0.25) is 0 Å². The van der Waals surface area contributed by atoms with Crippen LogP contribution in [0.3, 0.4) is 0 Å². The van der Waals surface area contributed by atoms with Crippen molar-refractivity contribution < 1.29 is 5.11 Å². The first-order chi connectivity index (χ1) is 14.7. The van der Waals surface area contributed by atoms with Gasteiger partial charge in [0.2, 0.25) is 0 Å². The van der Waals surface area contributed by atoms with Crippen molar-refractivity contribution in [3.8, 4) is 6.07 Å². The Morgan fingerprint density at radius 1 is 1.13 bits per heavy atom. The Balaban J connectivity index is 1.53. The maximum absolute atomic E-state index is 10.6. The van der Waals surface area contributed by atoms with E-state index in [-0.39, 0.29) is 17.1 Å². The fourth-order valence-electron chi connectivity index (χ4n) is 3.07. The summed E-state index contributed by atoms with van der Waals surface area (Å²) in [6.45, 7) is 2.77. The lowest BCUT2D eigenvalue weighted by Crippen LogP contribution is -2.04. The Morgan fingerprint density at radius 3 is 2.63 bits per heavy atom. The minimum atomic E-state index is -0.00295. The Hall–Kier alpha value is -3.15. The summed E-state index contributed by atoms with van der Waals surface area (Å²) < 4.78 is 3.02. The molecule has 2 aromatic heterocycles. The molecule has 0 radical (unpaired) electrons. The summed E-state index contributed by atoms with van der Waals surface area (Å²) in [6, 6.07) is 19.9. The molecule has 0 bridgehead atoms. The molecule has 30 heavy (non-hydrogen) atoms. The standard InChI is InChI=1S/C22H19N5OS2/c1-2-27-20(12-15-8-4-3-5-9-15)25-26-22(27)29-14-18(28)16(13-23)21-24-17-10-6-7-11-19(17)30-21/h3-11,28H,2,12,14H2,1H3/b18-16-. The summed E-state index contributed by atoms with van der Waals surface area (Å²) in [4.78, 5) is 4.48. The number of thioether (sulfide) groups is 1. The zero-order valence-corrected chi connectivity index (χ0v) is 18.0. The third-order valence-electron chi connectivity index (χ3n) is 4.56. The molecule has 2 aromatic carbocycles. The quantitative estimate of drug-likeness (QED) is 0.248. The highest BCUT2D eigenvalue weighted by molar-refractivity contribution is 7.99. The van der Waals surface area contributed by atoms with Gasteiger partial charge >= 0.3 is 0 Å². The lowest BCUT2D eigenvalue weighted by atomic mass is 10.1. The van der Waals surface area contributed by atoms with E-state index in [1.807, 2.05) is 54.0 Å². The van der Waals surface area contributed by atoms with Crippen molar-refractivity contribution in [2.45, 2.75) is 25.0 Å². The van der Waals surface area contributed by atoms with E-state index in [1.165, 1.54) is 28.7 Å². The smallest absolute Gasteiger partial charge is 0.191 e. The molecule has 0 amide bonds. The first-order valence-corrected chi connectivity index (χ1v) is 11.3. The fourth-order valence-corrected chi connectivity index (χ4v) is 4.95. The number of allylic oxidation sites excluding steroid dienone is 1. The number of hydrogen-bond acceptors (Lipinski definition) is 7. The van der Waals surface area contributed by atoms with Crippen molar-refractivity contribution in [2.24, 2.45) is 0 Å². The van der Waals surface area contributed by atoms with E-state index in [2.05, 4.69) is 33.4 Å². The third kappa shape index (κ3) is 4.22. The number of aliphatic hydroxyl groups is 1. The van der Waals surface area contributed by atoms with Crippen molar-refractivity contribution >= 4 is 38.9 Å². The molecule has 1 N–H and O–H groups in total. The van der Waals surface area contributed by atoms with E-state index in [1.54, 1.807) is 0 Å². The van der Waals surface area contributed by atoms with Crippen molar-refractivity contribution in [1.29, 1.82) is 5.26 Å². The fraction of sp³-hybridized carbons (Fsp3) is 0.182. The molecular weight excluding hydrogens is 414 g/mol. The topological polar surface area (TPSA) is 87.6 Å². The summed E-state index contributed by atoms with van der Waals surface area (Å²) in [5.74, 6) is 1.10. The number of benzene rings is 2. The van der Waals surface area contributed by atoms with Gasteiger partial charge in [0.25, 0.3) is 0 Å². The summed E-state index contributed by atoms with van der Waals surface area (Å²) in [5, 5.41) is 30.1. The van der Waals surface area contributed by atoms with Crippen LogP contribution in [0.1, 0.15) is 23.3 Å². The molecule has 0 aliphatic carbocycles. The lowest BCUT2D eigenvalue weighted by Gasteiger charge is -2.07. The Kier molecular flexibility index (Phi) is 6.12. The zero-order chi connectivity index (χ0) is 20.9. The highest BCUT2D eigenvalue weighted by atomic mass is 32.2. The molecule has 0 fully saturated rings. The predicted molar refractivity (Wildman–Crippen MR) is 120 cm³/mol. The molecule has 150 valence electrons. The number of para-hydroxylation sites is 1. The van der Waals surface area contributed by atoms with Crippen molar-refractivity contribution in [2.75, 3.05) is 5.75 Å². The normalized spacial score (nSPS) is 12.0. The highest BCUT2D eigenvalue weighted by Gasteiger charge is 2.17. The van der Waals surface area contributed by atoms with E-state index >= 15 is 0 Å². The third-order valence-corrected chi connectivity index (χ3v) is 6.59. The Morgan fingerprint density at radius 2 is 1.90 bits per heavy atom. The van der Waals surface area contributed by atoms with E-state index < -0.39 is 0 Å². The first-order valence-electron chi connectivity index (χ1n) is 9.46. The number of thiazole rings is 1. The van der Waals surface area contributed by atoms with Crippen LogP contribution in [0.2, 0.25) is 0 Å². The van der Waals surface area contributed by atoms with Crippen LogP contribution in [0.25, 0.3) is 15.8 Å². The Bertz CT molecular complexity index is 1200. The van der Waals surface area contributed by atoms with Gasteiger partial charge in [0.1, 0.15) is 28.2 Å². The monoisotopic (exact) mass is 433 g/mol. The van der Waals surface area contributed by atoms with E-state index in [9.17, 15) is 10.4 Å². The number of nitrogens with zero attached hydrogens (tertiary/aromatic N) is 5. The van der Waals surface area contributed by atoms with Gasteiger partial charge in [-0.05, 0) is 24.6 Å². The summed E-state index contributed by atoms with van der Waals surface area (Å²) in [6.07, 6.45) is 0.694. The van der Waals surface area contributed by atoms with Gasteiger partial charge in [-0.15, -0.1) is 21.5 Å². The first kappa shape index (κ1) is 20.1. The van der Waals surface area contributed by atoms with Gasteiger partial charge < -0.3 is 9.67 Å². The number of aliphatic hydroxyl groups excluding tert-OH is 1. The van der Waals surface area contributed by atoms with Crippen molar-refractivity contribution in [3.05, 3.63) is 76.8 Å². The van der Waals surface area contributed by atoms with Crippen LogP contribution in [0.15, 0.2) is 65.5 Å². The van der Waals surface area contributed by atoms with Crippen LogP contribution in [0.5, 0.6) is 0 Å². The summed E-state index contributed by atoms with van der Waals surface area (Å²) in [7, 11) is 0. The molecule has 4 aromatic rings. The molecule has 0 atom stereocenters. The number of nitriles is 1. The Labute approximate surface area is 182 Å². The summed E-state index contributed by atoms with van der Waals surface area (Å²) >= 11 is 2.76. The molecule has 0 saturated carbocycles. The molecule has 4 rings (SSSR count). The van der Waals surface area contributed by atoms with Gasteiger partial charge in [0.15, 0.2) is 5.16 Å². The minimum Gasteiger partial charge on any atom is -0.510 e. The molecule has 6 nitrogen and oxygen atoms in total. The molecule has 0 unspecified atom stereocenters. The van der Waals surface area contributed by atoms with Crippen LogP contribution in [-0.4, -0.2) is 30.6 Å². The average molecular weight is 434 g/mol.